The number of piperazine rings is 1. The molecule has 9 heteroatoms. The number of amides is 2. The summed E-state index contributed by atoms with van der Waals surface area (Å²) in [6.45, 7) is 4.81. The maximum Gasteiger partial charge on any atom is 0.414 e. The quantitative estimate of drug-likeness (QED) is 0.615. The number of ether oxygens (including phenoxy) is 1. The second kappa shape index (κ2) is 7.86. The van der Waals surface area contributed by atoms with Crippen molar-refractivity contribution in [1.29, 1.82) is 0 Å². The Kier molecular flexibility index (Phi) is 5.55. The monoisotopic (exact) mass is 380 g/mol. The van der Waals surface area contributed by atoms with Crippen LogP contribution in [0.15, 0.2) is 18.2 Å². The molecule has 0 spiro atoms. The van der Waals surface area contributed by atoms with E-state index in [1.54, 1.807) is 24.0 Å². The molecular weight excluding hydrogens is 359 g/mol. The molecule has 1 N–H and O–H groups in total. The molecule has 0 bridgehead atoms. The molecule has 1 aromatic rings. The van der Waals surface area contributed by atoms with Crippen LogP contribution in [0.3, 0.4) is 0 Å². The van der Waals surface area contributed by atoms with Crippen molar-refractivity contribution in [3.8, 4) is 0 Å². The van der Waals surface area contributed by atoms with Gasteiger partial charge in [0.05, 0.1) is 29.5 Å². The molecule has 0 aliphatic carbocycles. The Morgan fingerprint density at radius 2 is 2.12 bits per heavy atom. The fraction of sp³-hybridized carbons (Fsp3) is 0.471. The SMILES string of the molecule is CC(=S)NCC1CN(c2ccc(N3CCN(C=O)CC3)c(F)c2)C(=O)O1. The zero-order valence-electron chi connectivity index (χ0n) is 14.5. The summed E-state index contributed by atoms with van der Waals surface area (Å²) in [5.41, 5.74) is 0.936. The van der Waals surface area contributed by atoms with E-state index in [9.17, 15) is 14.0 Å². The van der Waals surface area contributed by atoms with Crippen LogP contribution in [0.1, 0.15) is 6.92 Å². The highest BCUT2D eigenvalue weighted by atomic mass is 32.1. The van der Waals surface area contributed by atoms with E-state index in [0.29, 0.717) is 55.6 Å². The van der Waals surface area contributed by atoms with Crippen LogP contribution in [-0.4, -0.2) is 67.8 Å². The van der Waals surface area contributed by atoms with E-state index in [1.807, 2.05) is 4.90 Å². The number of nitrogens with zero attached hydrogens (tertiary/aromatic N) is 3. The number of anilines is 2. The van der Waals surface area contributed by atoms with E-state index in [-0.39, 0.29) is 6.10 Å². The van der Waals surface area contributed by atoms with Gasteiger partial charge in [-0.05, 0) is 25.1 Å². The molecule has 140 valence electrons. The van der Waals surface area contributed by atoms with Crippen LogP contribution >= 0.6 is 12.2 Å². The van der Waals surface area contributed by atoms with Crippen molar-refractivity contribution in [2.24, 2.45) is 0 Å². The topological polar surface area (TPSA) is 65.1 Å². The van der Waals surface area contributed by atoms with Gasteiger partial charge in [-0.1, -0.05) is 12.2 Å². The van der Waals surface area contributed by atoms with Gasteiger partial charge < -0.3 is 19.9 Å². The molecule has 1 unspecified atom stereocenters. The molecule has 7 nitrogen and oxygen atoms in total. The number of nitrogens with one attached hydrogen (secondary N) is 1. The first-order chi connectivity index (χ1) is 12.5. The maximum absolute atomic E-state index is 14.6. The summed E-state index contributed by atoms with van der Waals surface area (Å²) in [7, 11) is 0. The van der Waals surface area contributed by atoms with Crippen LogP contribution in [0.4, 0.5) is 20.6 Å². The van der Waals surface area contributed by atoms with E-state index < -0.39 is 11.9 Å². The number of carbonyl (C=O) groups is 2. The van der Waals surface area contributed by atoms with Gasteiger partial charge in [0.15, 0.2) is 0 Å². The van der Waals surface area contributed by atoms with Gasteiger partial charge in [-0.2, -0.15) is 0 Å². The van der Waals surface area contributed by atoms with Gasteiger partial charge in [0.25, 0.3) is 0 Å². The van der Waals surface area contributed by atoms with Crippen LogP contribution in [0.2, 0.25) is 0 Å². The number of carbonyl (C=O) groups excluding carboxylic acids is 2. The predicted molar refractivity (Wildman–Crippen MR) is 100 cm³/mol. The summed E-state index contributed by atoms with van der Waals surface area (Å²) < 4.78 is 19.9. The lowest BCUT2D eigenvalue weighted by molar-refractivity contribution is -0.118. The molecule has 26 heavy (non-hydrogen) atoms. The molecule has 1 aromatic carbocycles. The lowest BCUT2D eigenvalue weighted by Gasteiger charge is -2.34. The van der Waals surface area contributed by atoms with Gasteiger partial charge in [-0.3, -0.25) is 9.69 Å². The molecule has 2 amide bonds. The summed E-state index contributed by atoms with van der Waals surface area (Å²) in [5, 5.41) is 2.97. The highest BCUT2D eigenvalue weighted by molar-refractivity contribution is 7.80. The normalized spacial score (nSPS) is 20.2. The molecule has 0 saturated carbocycles. The summed E-state index contributed by atoms with van der Waals surface area (Å²) in [6.07, 6.45) is -0.0168. The minimum atomic E-state index is -0.495. The number of cyclic esters (lactones) is 1. The summed E-state index contributed by atoms with van der Waals surface area (Å²) in [4.78, 5) is 28.5. The van der Waals surface area contributed by atoms with Crippen LogP contribution in [0.25, 0.3) is 0 Å². The Hall–Kier alpha value is -2.42. The zero-order valence-corrected chi connectivity index (χ0v) is 15.3. The Labute approximate surface area is 156 Å². The summed E-state index contributed by atoms with van der Waals surface area (Å²) >= 11 is 4.95. The van der Waals surface area contributed by atoms with Crippen molar-refractivity contribution >= 4 is 41.1 Å². The number of rotatable bonds is 5. The first-order valence-electron chi connectivity index (χ1n) is 8.44. The smallest absolute Gasteiger partial charge is 0.414 e. The average molecular weight is 380 g/mol. The summed E-state index contributed by atoms with van der Waals surface area (Å²) in [5.74, 6) is -0.397. The van der Waals surface area contributed by atoms with E-state index >= 15 is 0 Å². The third-order valence-corrected chi connectivity index (χ3v) is 4.64. The Morgan fingerprint density at radius 1 is 1.38 bits per heavy atom. The lowest BCUT2D eigenvalue weighted by Crippen LogP contribution is -2.46. The molecule has 0 radical (unpaired) electrons. The standard InChI is InChI=1S/C17H21FN4O3S/c1-12(26)19-9-14-10-22(17(24)25-14)13-2-3-16(15(18)8-13)21-6-4-20(11-23)5-7-21/h2-3,8,11,14H,4-7,9-10H2,1H3,(H,19,26). The minimum Gasteiger partial charge on any atom is -0.442 e. The maximum atomic E-state index is 14.6. The van der Waals surface area contributed by atoms with Crippen LogP contribution < -0.4 is 15.1 Å². The van der Waals surface area contributed by atoms with Crippen molar-refractivity contribution in [2.75, 3.05) is 49.1 Å². The molecule has 1 atom stereocenters. The third kappa shape index (κ3) is 4.04. The van der Waals surface area contributed by atoms with E-state index in [4.69, 9.17) is 17.0 Å². The Balaban J connectivity index is 1.67. The number of hydrogen-bond donors (Lipinski definition) is 1. The van der Waals surface area contributed by atoms with E-state index in [0.717, 1.165) is 6.41 Å². The van der Waals surface area contributed by atoms with Gasteiger partial charge in [-0.15, -0.1) is 0 Å². The van der Waals surface area contributed by atoms with Crippen molar-refractivity contribution in [3.63, 3.8) is 0 Å². The first kappa shape index (κ1) is 18.4. The highest BCUT2D eigenvalue weighted by Gasteiger charge is 2.32. The molecule has 2 heterocycles. The Bertz CT molecular complexity index is 709. The number of benzene rings is 1. The van der Waals surface area contributed by atoms with Gasteiger partial charge in [0.1, 0.15) is 11.9 Å². The van der Waals surface area contributed by atoms with Gasteiger partial charge in [-0.25, -0.2) is 9.18 Å². The third-order valence-electron chi connectivity index (χ3n) is 4.50. The molecule has 2 fully saturated rings. The van der Waals surface area contributed by atoms with Crippen molar-refractivity contribution < 1.29 is 18.7 Å². The van der Waals surface area contributed by atoms with Gasteiger partial charge in [0.2, 0.25) is 6.41 Å². The molecule has 0 aromatic heterocycles. The fourth-order valence-corrected chi connectivity index (χ4v) is 3.17. The molecule has 2 aliphatic rings. The second-order valence-electron chi connectivity index (χ2n) is 6.32. The molecule has 2 aliphatic heterocycles. The predicted octanol–water partition coefficient (Wildman–Crippen LogP) is 1.37. The molecule has 2 saturated heterocycles. The molecule has 3 rings (SSSR count). The van der Waals surface area contributed by atoms with E-state index in [2.05, 4.69) is 5.32 Å². The van der Waals surface area contributed by atoms with Crippen LogP contribution in [-0.2, 0) is 9.53 Å². The average Bonchev–Trinajstić information content (AvgIpc) is 3.01. The van der Waals surface area contributed by atoms with E-state index in [1.165, 1.54) is 11.0 Å². The number of thiocarbonyl (C=S) groups is 1. The largest absolute Gasteiger partial charge is 0.442 e. The number of halogens is 1. The zero-order chi connectivity index (χ0) is 18.7. The Morgan fingerprint density at radius 3 is 2.73 bits per heavy atom. The second-order valence-corrected chi connectivity index (χ2v) is 6.93. The number of hydrogen-bond acceptors (Lipinski definition) is 5. The van der Waals surface area contributed by atoms with Crippen molar-refractivity contribution in [2.45, 2.75) is 13.0 Å². The van der Waals surface area contributed by atoms with Crippen LogP contribution in [0.5, 0.6) is 0 Å². The van der Waals surface area contributed by atoms with Crippen molar-refractivity contribution in [3.05, 3.63) is 24.0 Å². The lowest BCUT2D eigenvalue weighted by atomic mass is 10.2. The fourth-order valence-electron chi connectivity index (χ4n) is 3.08. The van der Waals surface area contributed by atoms with Gasteiger partial charge >= 0.3 is 6.09 Å². The summed E-state index contributed by atoms with van der Waals surface area (Å²) in [6, 6.07) is 4.73. The van der Waals surface area contributed by atoms with Crippen molar-refractivity contribution in [1.82, 2.24) is 10.2 Å². The minimum absolute atomic E-state index is 0.334. The highest BCUT2D eigenvalue weighted by Crippen LogP contribution is 2.28. The molecular formula is C17H21FN4O3S. The van der Waals surface area contributed by atoms with Gasteiger partial charge in [0, 0.05) is 26.2 Å². The first-order valence-corrected chi connectivity index (χ1v) is 8.85. The van der Waals surface area contributed by atoms with Crippen LogP contribution in [0, 0.1) is 5.82 Å².